The molecule has 0 amide bonds. The lowest BCUT2D eigenvalue weighted by atomic mass is 10.1. The molecule has 0 aliphatic carbocycles. The molecular weight excluding hydrogens is 252 g/mol. The monoisotopic (exact) mass is 270 g/mol. The molecule has 0 bridgehead atoms. The van der Waals surface area contributed by atoms with Crippen molar-refractivity contribution in [2.75, 3.05) is 5.32 Å². The molecule has 0 aliphatic rings. The van der Waals surface area contributed by atoms with Crippen LogP contribution >= 0.6 is 0 Å². The molecule has 0 fully saturated rings. The smallest absolute Gasteiger partial charge is 0.295 e. The third-order valence-electron chi connectivity index (χ3n) is 3.37. The van der Waals surface area contributed by atoms with E-state index in [0.29, 0.717) is 11.3 Å². The maximum absolute atomic E-state index is 11.2. The summed E-state index contributed by atoms with van der Waals surface area (Å²) in [6.45, 7) is 5.78. The van der Waals surface area contributed by atoms with E-state index in [9.17, 15) is 10.1 Å². The van der Waals surface area contributed by atoms with Gasteiger partial charge < -0.3 is 5.32 Å². The standard InChI is InChI=1S/C16H18N2O2/c1-11-7-9-14(10-8-11)13(3)17-15-6-4-5-12(2)16(15)18(19)20/h4-10,13,17H,1-3H3. The predicted octanol–water partition coefficient (Wildman–Crippen LogP) is 4.38. The molecule has 0 radical (unpaired) electrons. The van der Waals surface area contributed by atoms with Crippen molar-refractivity contribution in [2.24, 2.45) is 0 Å². The Labute approximate surface area is 118 Å². The van der Waals surface area contributed by atoms with Crippen LogP contribution in [0.25, 0.3) is 0 Å². The second-order valence-electron chi connectivity index (χ2n) is 5.00. The van der Waals surface area contributed by atoms with E-state index >= 15 is 0 Å². The Kier molecular flexibility index (Phi) is 4.03. The lowest BCUT2D eigenvalue weighted by Gasteiger charge is -2.16. The van der Waals surface area contributed by atoms with E-state index in [2.05, 4.69) is 5.32 Å². The Morgan fingerprint density at radius 3 is 2.35 bits per heavy atom. The van der Waals surface area contributed by atoms with Gasteiger partial charge in [0.1, 0.15) is 5.69 Å². The fourth-order valence-corrected chi connectivity index (χ4v) is 2.19. The van der Waals surface area contributed by atoms with Gasteiger partial charge in [0, 0.05) is 11.6 Å². The Morgan fingerprint density at radius 1 is 1.10 bits per heavy atom. The van der Waals surface area contributed by atoms with E-state index in [1.54, 1.807) is 19.1 Å². The molecule has 1 N–H and O–H groups in total. The van der Waals surface area contributed by atoms with Gasteiger partial charge in [-0.3, -0.25) is 10.1 Å². The van der Waals surface area contributed by atoms with E-state index in [-0.39, 0.29) is 16.7 Å². The number of hydrogen-bond donors (Lipinski definition) is 1. The number of anilines is 1. The highest BCUT2D eigenvalue weighted by molar-refractivity contribution is 5.65. The van der Waals surface area contributed by atoms with E-state index in [1.165, 1.54) is 5.56 Å². The molecule has 2 aromatic rings. The average Bonchev–Trinajstić information content (AvgIpc) is 2.39. The van der Waals surface area contributed by atoms with Crippen LogP contribution in [0.2, 0.25) is 0 Å². The number of nitrogens with one attached hydrogen (secondary N) is 1. The third kappa shape index (κ3) is 2.96. The number of nitro benzene ring substituents is 1. The van der Waals surface area contributed by atoms with Crippen molar-refractivity contribution < 1.29 is 4.92 Å². The van der Waals surface area contributed by atoms with Gasteiger partial charge in [0.15, 0.2) is 0 Å². The van der Waals surface area contributed by atoms with Gasteiger partial charge >= 0.3 is 0 Å². The van der Waals surface area contributed by atoms with Crippen LogP contribution in [0.15, 0.2) is 42.5 Å². The number of nitrogens with zero attached hydrogens (tertiary/aromatic N) is 1. The summed E-state index contributed by atoms with van der Waals surface area (Å²) in [5.74, 6) is 0. The molecule has 2 aromatic carbocycles. The molecule has 20 heavy (non-hydrogen) atoms. The number of benzene rings is 2. The zero-order valence-corrected chi connectivity index (χ0v) is 11.9. The van der Waals surface area contributed by atoms with Crippen LogP contribution in [0.1, 0.15) is 29.7 Å². The van der Waals surface area contributed by atoms with E-state index in [1.807, 2.05) is 44.2 Å². The maximum Gasteiger partial charge on any atom is 0.295 e. The van der Waals surface area contributed by atoms with E-state index in [0.717, 1.165) is 5.56 Å². The first-order valence-electron chi connectivity index (χ1n) is 6.56. The van der Waals surface area contributed by atoms with Crippen molar-refractivity contribution >= 4 is 11.4 Å². The summed E-state index contributed by atoms with van der Waals surface area (Å²) in [4.78, 5) is 10.8. The minimum absolute atomic E-state index is 0.0103. The van der Waals surface area contributed by atoms with Crippen molar-refractivity contribution in [1.82, 2.24) is 0 Å². The highest BCUT2D eigenvalue weighted by atomic mass is 16.6. The topological polar surface area (TPSA) is 55.2 Å². The average molecular weight is 270 g/mol. The van der Waals surface area contributed by atoms with Gasteiger partial charge in [-0.05, 0) is 32.4 Å². The molecule has 4 nitrogen and oxygen atoms in total. The van der Waals surface area contributed by atoms with Crippen LogP contribution in [0.4, 0.5) is 11.4 Å². The number of aryl methyl sites for hydroxylation is 2. The maximum atomic E-state index is 11.2. The highest BCUT2D eigenvalue weighted by Gasteiger charge is 2.18. The van der Waals surface area contributed by atoms with Crippen LogP contribution in [-0.4, -0.2) is 4.92 Å². The summed E-state index contributed by atoms with van der Waals surface area (Å²) in [5, 5.41) is 14.4. The van der Waals surface area contributed by atoms with E-state index < -0.39 is 0 Å². The molecule has 2 rings (SSSR count). The molecule has 0 saturated heterocycles. The second-order valence-corrected chi connectivity index (χ2v) is 5.00. The van der Waals surface area contributed by atoms with Gasteiger partial charge in [-0.1, -0.05) is 42.0 Å². The number of rotatable bonds is 4. The summed E-state index contributed by atoms with van der Waals surface area (Å²) in [6, 6.07) is 13.5. The van der Waals surface area contributed by atoms with Crippen LogP contribution in [0.5, 0.6) is 0 Å². The minimum Gasteiger partial charge on any atom is -0.373 e. The van der Waals surface area contributed by atoms with Gasteiger partial charge in [-0.2, -0.15) is 0 Å². The molecule has 0 heterocycles. The Hall–Kier alpha value is -2.36. The summed E-state index contributed by atoms with van der Waals surface area (Å²) >= 11 is 0. The second kappa shape index (κ2) is 5.74. The normalized spacial score (nSPS) is 11.9. The molecule has 4 heteroatoms. The van der Waals surface area contributed by atoms with Crippen molar-refractivity contribution in [3.63, 3.8) is 0 Å². The van der Waals surface area contributed by atoms with Crippen molar-refractivity contribution in [3.05, 3.63) is 69.3 Å². The fourth-order valence-electron chi connectivity index (χ4n) is 2.19. The first-order valence-corrected chi connectivity index (χ1v) is 6.56. The summed E-state index contributed by atoms with van der Waals surface area (Å²) in [7, 11) is 0. The predicted molar refractivity (Wildman–Crippen MR) is 81.1 cm³/mol. The van der Waals surface area contributed by atoms with Gasteiger partial charge in [-0.25, -0.2) is 0 Å². The van der Waals surface area contributed by atoms with Crippen LogP contribution < -0.4 is 5.32 Å². The molecule has 1 atom stereocenters. The highest BCUT2D eigenvalue weighted by Crippen LogP contribution is 2.30. The molecule has 0 spiro atoms. The molecule has 0 aromatic heterocycles. The van der Waals surface area contributed by atoms with Crippen molar-refractivity contribution in [2.45, 2.75) is 26.8 Å². The molecule has 0 saturated carbocycles. The summed E-state index contributed by atoms with van der Waals surface area (Å²) in [6.07, 6.45) is 0. The number of hydrogen-bond acceptors (Lipinski definition) is 3. The zero-order valence-electron chi connectivity index (χ0n) is 11.9. The largest absolute Gasteiger partial charge is 0.373 e. The van der Waals surface area contributed by atoms with Crippen molar-refractivity contribution in [1.29, 1.82) is 0 Å². The van der Waals surface area contributed by atoms with Gasteiger partial charge in [0.05, 0.1) is 4.92 Å². The Balaban J connectivity index is 2.28. The molecule has 104 valence electrons. The Bertz CT molecular complexity index is 621. The van der Waals surface area contributed by atoms with Crippen LogP contribution in [0, 0.1) is 24.0 Å². The fraction of sp³-hybridized carbons (Fsp3) is 0.250. The molecule has 0 aliphatic heterocycles. The minimum atomic E-state index is -0.334. The van der Waals surface area contributed by atoms with Crippen LogP contribution in [0.3, 0.4) is 0 Å². The first kappa shape index (κ1) is 14.1. The number of para-hydroxylation sites is 1. The van der Waals surface area contributed by atoms with E-state index in [4.69, 9.17) is 0 Å². The van der Waals surface area contributed by atoms with Crippen LogP contribution in [-0.2, 0) is 0 Å². The summed E-state index contributed by atoms with van der Waals surface area (Å²) in [5.41, 5.74) is 3.67. The quantitative estimate of drug-likeness (QED) is 0.662. The van der Waals surface area contributed by atoms with Gasteiger partial charge in [-0.15, -0.1) is 0 Å². The Morgan fingerprint density at radius 2 is 1.75 bits per heavy atom. The van der Waals surface area contributed by atoms with Gasteiger partial charge in [0.25, 0.3) is 5.69 Å². The SMILES string of the molecule is Cc1ccc(C(C)Nc2cccc(C)c2[N+](=O)[O-])cc1. The lowest BCUT2D eigenvalue weighted by molar-refractivity contribution is -0.384. The lowest BCUT2D eigenvalue weighted by Crippen LogP contribution is -2.09. The molecular formula is C16H18N2O2. The van der Waals surface area contributed by atoms with Crippen molar-refractivity contribution in [3.8, 4) is 0 Å². The zero-order chi connectivity index (χ0) is 14.7. The molecule has 1 unspecified atom stereocenters. The third-order valence-corrected chi connectivity index (χ3v) is 3.37. The van der Waals surface area contributed by atoms with Gasteiger partial charge in [0.2, 0.25) is 0 Å². The first-order chi connectivity index (χ1) is 9.49. The summed E-state index contributed by atoms with van der Waals surface area (Å²) < 4.78 is 0. The number of nitro groups is 1.